The standard InChI is InChI=1S/C19H24N4O2/c1-2-25-19-16(8-6-10-21-19)14-22-18(24)17(23-11-3-4-12-23)15-7-5-9-20-13-15/h5-10,13,17H,2-4,11-12,14H2,1H3,(H,22,24). The first kappa shape index (κ1) is 17.4. The van der Waals surface area contributed by atoms with E-state index in [-0.39, 0.29) is 11.9 Å². The van der Waals surface area contributed by atoms with E-state index in [0.717, 1.165) is 37.1 Å². The minimum atomic E-state index is -0.302. The van der Waals surface area contributed by atoms with Crippen molar-refractivity contribution in [3.8, 4) is 5.88 Å². The van der Waals surface area contributed by atoms with Gasteiger partial charge in [-0.3, -0.25) is 14.7 Å². The number of pyridine rings is 2. The van der Waals surface area contributed by atoms with Crippen LogP contribution in [-0.2, 0) is 11.3 Å². The summed E-state index contributed by atoms with van der Waals surface area (Å²) in [5, 5.41) is 3.04. The SMILES string of the molecule is CCOc1ncccc1CNC(=O)C(c1cccnc1)N1CCCC1. The van der Waals surface area contributed by atoms with E-state index in [2.05, 4.69) is 20.2 Å². The second kappa shape index (κ2) is 8.58. The van der Waals surface area contributed by atoms with Crippen LogP contribution in [0.1, 0.15) is 36.9 Å². The van der Waals surface area contributed by atoms with Gasteiger partial charge in [0.2, 0.25) is 11.8 Å². The number of nitrogens with zero attached hydrogens (tertiary/aromatic N) is 3. The van der Waals surface area contributed by atoms with Gasteiger partial charge in [0.25, 0.3) is 0 Å². The quantitative estimate of drug-likeness (QED) is 0.838. The van der Waals surface area contributed by atoms with Gasteiger partial charge >= 0.3 is 0 Å². The van der Waals surface area contributed by atoms with Crippen LogP contribution in [-0.4, -0.2) is 40.5 Å². The molecule has 0 saturated carbocycles. The van der Waals surface area contributed by atoms with Gasteiger partial charge in [-0.25, -0.2) is 4.98 Å². The smallest absolute Gasteiger partial charge is 0.242 e. The monoisotopic (exact) mass is 340 g/mol. The molecule has 2 aromatic heterocycles. The van der Waals surface area contributed by atoms with Gasteiger partial charge in [-0.2, -0.15) is 0 Å². The predicted octanol–water partition coefficient (Wildman–Crippen LogP) is 2.33. The number of carbonyl (C=O) groups excluding carboxylic acids is 1. The maximum absolute atomic E-state index is 12.9. The zero-order valence-electron chi connectivity index (χ0n) is 14.5. The van der Waals surface area contributed by atoms with Crippen molar-refractivity contribution < 1.29 is 9.53 Å². The highest BCUT2D eigenvalue weighted by molar-refractivity contribution is 5.83. The fraction of sp³-hybridized carbons (Fsp3) is 0.421. The highest BCUT2D eigenvalue weighted by Crippen LogP contribution is 2.25. The van der Waals surface area contributed by atoms with Gasteiger partial charge in [-0.15, -0.1) is 0 Å². The predicted molar refractivity (Wildman–Crippen MR) is 95.0 cm³/mol. The summed E-state index contributed by atoms with van der Waals surface area (Å²) in [7, 11) is 0. The minimum Gasteiger partial charge on any atom is -0.478 e. The number of carbonyl (C=O) groups is 1. The van der Waals surface area contributed by atoms with Gasteiger partial charge in [-0.1, -0.05) is 12.1 Å². The molecule has 1 saturated heterocycles. The molecule has 1 amide bonds. The third-order valence-corrected chi connectivity index (χ3v) is 4.34. The second-order valence-corrected chi connectivity index (χ2v) is 6.05. The molecule has 2 aromatic rings. The van der Waals surface area contributed by atoms with Crippen molar-refractivity contribution in [3.05, 3.63) is 54.0 Å². The molecule has 25 heavy (non-hydrogen) atoms. The molecule has 0 bridgehead atoms. The van der Waals surface area contributed by atoms with E-state index in [9.17, 15) is 4.79 Å². The fourth-order valence-electron chi connectivity index (χ4n) is 3.17. The molecule has 132 valence electrons. The molecule has 1 atom stereocenters. The zero-order chi connectivity index (χ0) is 17.5. The van der Waals surface area contributed by atoms with Gasteiger partial charge in [0.05, 0.1) is 6.61 Å². The number of amides is 1. The van der Waals surface area contributed by atoms with Crippen molar-refractivity contribution in [1.29, 1.82) is 0 Å². The van der Waals surface area contributed by atoms with E-state index < -0.39 is 0 Å². The summed E-state index contributed by atoms with van der Waals surface area (Å²) in [6, 6.07) is 7.31. The van der Waals surface area contributed by atoms with Crippen molar-refractivity contribution in [1.82, 2.24) is 20.2 Å². The van der Waals surface area contributed by atoms with Crippen LogP contribution in [0.25, 0.3) is 0 Å². The number of ether oxygens (including phenoxy) is 1. The lowest BCUT2D eigenvalue weighted by Crippen LogP contribution is -2.39. The zero-order valence-corrected chi connectivity index (χ0v) is 14.5. The van der Waals surface area contributed by atoms with Gasteiger partial charge in [-0.05, 0) is 50.6 Å². The van der Waals surface area contributed by atoms with Gasteiger partial charge in [0.1, 0.15) is 6.04 Å². The van der Waals surface area contributed by atoms with Crippen LogP contribution < -0.4 is 10.1 Å². The Labute approximate surface area is 148 Å². The van der Waals surface area contributed by atoms with Gasteiger partial charge in [0, 0.05) is 30.7 Å². The molecule has 1 N–H and O–H groups in total. The summed E-state index contributed by atoms with van der Waals surface area (Å²) >= 11 is 0. The summed E-state index contributed by atoms with van der Waals surface area (Å²) in [4.78, 5) is 23.6. The molecule has 0 spiro atoms. The van der Waals surface area contributed by atoms with Crippen LogP contribution in [0, 0.1) is 0 Å². The largest absolute Gasteiger partial charge is 0.478 e. The number of nitrogens with one attached hydrogen (secondary N) is 1. The van der Waals surface area contributed by atoms with Crippen LogP contribution in [0.4, 0.5) is 0 Å². The van der Waals surface area contributed by atoms with Crippen LogP contribution in [0.5, 0.6) is 5.88 Å². The number of aromatic nitrogens is 2. The van der Waals surface area contributed by atoms with Crippen LogP contribution in [0.15, 0.2) is 42.9 Å². The summed E-state index contributed by atoms with van der Waals surface area (Å²) in [6.45, 7) is 4.73. The summed E-state index contributed by atoms with van der Waals surface area (Å²) in [6.07, 6.45) is 7.45. The molecule has 0 aromatic carbocycles. The molecule has 1 unspecified atom stereocenters. The number of hydrogen-bond donors (Lipinski definition) is 1. The van der Waals surface area contributed by atoms with E-state index in [1.165, 1.54) is 0 Å². The first-order valence-electron chi connectivity index (χ1n) is 8.78. The van der Waals surface area contributed by atoms with E-state index in [0.29, 0.717) is 19.0 Å². The van der Waals surface area contributed by atoms with Gasteiger partial charge in [0.15, 0.2) is 0 Å². The first-order valence-corrected chi connectivity index (χ1v) is 8.78. The topological polar surface area (TPSA) is 67.3 Å². The van der Waals surface area contributed by atoms with Crippen LogP contribution >= 0.6 is 0 Å². The van der Waals surface area contributed by atoms with E-state index in [1.807, 2.05) is 31.2 Å². The Kier molecular flexibility index (Phi) is 5.95. The van der Waals surface area contributed by atoms with E-state index in [4.69, 9.17) is 4.74 Å². The average Bonchev–Trinajstić information content (AvgIpc) is 3.16. The Bertz CT molecular complexity index is 687. The van der Waals surface area contributed by atoms with Gasteiger partial charge < -0.3 is 10.1 Å². The lowest BCUT2D eigenvalue weighted by molar-refractivity contribution is -0.126. The van der Waals surface area contributed by atoms with E-state index >= 15 is 0 Å². The molecule has 6 nitrogen and oxygen atoms in total. The Morgan fingerprint density at radius 2 is 2.08 bits per heavy atom. The second-order valence-electron chi connectivity index (χ2n) is 6.05. The minimum absolute atomic E-state index is 0.0128. The molecular formula is C19H24N4O2. The fourth-order valence-corrected chi connectivity index (χ4v) is 3.17. The highest BCUT2D eigenvalue weighted by atomic mass is 16.5. The Morgan fingerprint density at radius 1 is 1.28 bits per heavy atom. The summed E-state index contributed by atoms with van der Waals surface area (Å²) < 4.78 is 5.53. The molecule has 0 aliphatic carbocycles. The summed E-state index contributed by atoms with van der Waals surface area (Å²) in [5.74, 6) is 0.561. The maximum Gasteiger partial charge on any atom is 0.242 e. The molecule has 1 fully saturated rings. The molecule has 0 radical (unpaired) electrons. The van der Waals surface area contributed by atoms with Crippen molar-refractivity contribution in [2.24, 2.45) is 0 Å². The average molecular weight is 340 g/mol. The highest BCUT2D eigenvalue weighted by Gasteiger charge is 2.29. The molecular weight excluding hydrogens is 316 g/mol. The number of likely N-dealkylation sites (tertiary alicyclic amines) is 1. The van der Waals surface area contributed by atoms with Crippen LogP contribution in [0.3, 0.4) is 0 Å². The Hall–Kier alpha value is -2.47. The molecule has 3 heterocycles. The third-order valence-electron chi connectivity index (χ3n) is 4.34. The number of hydrogen-bond acceptors (Lipinski definition) is 5. The van der Waals surface area contributed by atoms with E-state index in [1.54, 1.807) is 18.6 Å². The Balaban J connectivity index is 1.73. The molecule has 6 heteroatoms. The molecule has 1 aliphatic heterocycles. The lowest BCUT2D eigenvalue weighted by atomic mass is 10.1. The lowest BCUT2D eigenvalue weighted by Gasteiger charge is -2.26. The maximum atomic E-state index is 12.9. The summed E-state index contributed by atoms with van der Waals surface area (Å²) in [5.41, 5.74) is 1.81. The van der Waals surface area contributed by atoms with Crippen molar-refractivity contribution >= 4 is 5.91 Å². The molecule has 3 rings (SSSR count). The van der Waals surface area contributed by atoms with Crippen LogP contribution in [0.2, 0.25) is 0 Å². The Morgan fingerprint density at radius 3 is 2.80 bits per heavy atom. The number of rotatable bonds is 7. The normalized spacial score (nSPS) is 15.7. The first-order chi connectivity index (χ1) is 12.3. The van der Waals surface area contributed by atoms with Crippen molar-refractivity contribution in [3.63, 3.8) is 0 Å². The van der Waals surface area contributed by atoms with Crippen molar-refractivity contribution in [2.45, 2.75) is 32.4 Å². The third kappa shape index (κ3) is 4.33. The molecule has 1 aliphatic rings. The van der Waals surface area contributed by atoms with Crippen molar-refractivity contribution in [2.75, 3.05) is 19.7 Å².